The number of benzene rings is 1. The van der Waals surface area contributed by atoms with Crippen molar-refractivity contribution in [3.63, 3.8) is 0 Å². The Labute approximate surface area is 121 Å². The van der Waals surface area contributed by atoms with Crippen molar-refractivity contribution in [2.24, 2.45) is 0 Å². The molecule has 0 radical (unpaired) electrons. The molecule has 0 aliphatic carbocycles. The van der Waals surface area contributed by atoms with Crippen LogP contribution in [0.4, 0.5) is 4.79 Å². The lowest BCUT2D eigenvalue weighted by Gasteiger charge is -2.22. The number of nitrogens with one attached hydrogen (secondary N) is 1. The van der Waals surface area contributed by atoms with Crippen molar-refractivity contribution in [1.82, 2.24) is 5.32 Å². The van der Waals surface area contributed by atoms with Gasteiger partial charge in [0.2, 0.25) is 0 Å². The third kappa shape index (κ3) is 5.95. The highest BCUT2D eigenvalue weighted by Gasteiger charge is 2.18. The van der Waals surface area contributed by atoms with Crippen LogP contribution in [-0.4, -0.2) is 17.8 Å². The minimum atomic E-state index is -0.494. The lowest BCUT2D eigenvalue weighted by molar-refractivity contribution is 0.0508. The van der Waals surface area contributed by atoms with Gasteiger partial charge in [-0.05, 0) is 59.2 Å². The maximum Gasteiger partial charge on any atom is 0.408 e. The highest BCUT2D eigenvalue weighted by Crippen LogP contribution is 2.20. The normalized spacial score (nSPS) is 12.9. The van der Waals surface area contributed by atoms with Gasteiger partial charge >= 0.3 is 6.09 Å². The van der Waals surface area contributed by atoms with Gasteiger partial charge in [0, 0.05) is 0 Å². The Balaban J connectivity index is 2.67. The lowest BCUT2D eigenvalue weighted by atomic mass is 10.1. The fourth-order valence-electron chi connectivity index (χ4n) is 1.70. The first kappa shape index (κ1) is 16.3. The minimum absolute atomic E-state index is 0.124. The summed E-state index contributed by atoms with van der Waals surface area (Å²) in [5.74, 6) is 0.801. The molecule has 0 fully saturated rings. The summed E-state index contributed by atoms with van der Waals surface area (Å²) in [5.41, 5.74) is 0.487. The number of rotatable bonds is 4. The maximum absolute atomic E-state index is 11.7. The van der Waals surface area contributed by atoms with E-state index in [4.69, 9.17) is 9.47 Å². The minimum Gasteiger partial charge on any atom is -0.491 e. The maximum atomic E-state index is 11.7. The first-order valence-electron chi connectivity index (χ1n) is 6.93. The van der Waals surface area contributed by atoms with Gasteiger partial charge in [0.1, 0.15) is 11.4 Å². The van der Waals surface area contributed by atoms with E-state index in [1.54, 1.807) is 0 Å². The highest BCUT2D eigenvalue weighted by atomic mass is 16.6. The molecule has 0 aliphatic rings. The Hall–Kier alpha value is -1.71. The molecule has 112 valence electrons. The first-order valence-corrected chi connectivity index (χ1v) is 6.93. The van der Waals surface area contributed by atoms with E-state index in [0.717, 1.165) is 11.3 Å². The number of carbonyl (C=O) groups is 1. The zero-order valence-electron chi connectivity index (χ0n) is 13.2. The van der Waals surface area contributed by atoms with Crippen LogP contribution in [0.15, 0.2) is 24.3 Å². The van der Waals surface area contributed by atoms with Crippen LogP contribution in [0.5, 0.6) is 5.75 Å². The number of amides is 1. The first-order chi connectivity index (χ1) is 9.17. The van der Waals surface area contributed by atoms with Gasteiger partial charge in [-0.15, -0.1) is 0 Å². The van der Waals surface area contributed by atoms with Crippen molar-refractivity contribution in [1.29, 1.82) is 0 Å². The number of alkyl carbamates (subject to hydrolysis) is 1. The van der Waals surface area contributed by atoms with E-state index < -0.39 is 11.7 Å². The Morgan fingerprint density at radius 3 is 2.40 bits per heavy atom. The molecule has 4 nitrogen and oxygen atoms in total. The van der Waals surface area contributed by atoms with Crippen molar-refractivity contribution >= 4 is 6.09 Å². The van der Waals surface area contributed by atoms with Crippen molar-refractivity contribution in [3.05, 3.63) is 29.8 Å². The number of hydrogen-bond acceptors (Lipinski definition) is 3. The molecule has 20 heavy (non-hydrogen) atoms. The molecule has 0 heterocycles. The SMILES string of the molecule is CC(C)Oc1cccc(C(C)NC(=O)OC(C)(C)C)c1. The average molecular weight is 279 g/mol. The van der Waals surface area contributed by atoms with E-state index in [0.29, 0.717) is 0 Å². The Kier molecular flexibility index (Phi) is 5.43. The molecule has 0 spiro atoms. The predicted octanol–water partition coefficient (Wildman–Crippen LogP) is 4.06. The van der Waals surface area contributed by atoms with Crippen molar-refractivity contribution in [2.45, 2.75) is 59.3 Å². The van der Waals surface area contributed by atoms with E-state index in [1.165, 1.54) is 0 Å². The van der Waals surface area contributed by atoms with Gasteiger partial charge in [0.05, 0.1) is 12.1 Å². The fourth-order valence-corrected chi connectivity index (χ4v) is 1.70. The molecule has 0 aromatic heterocycles. The Bertz CT molecular complexity index is 449. The summed E-state index contributed by atoms with van der Waals surface area (Å²) in [6.45, 7) is 11.4. The summed E-state index contributed by atoms with van der Waals surface area (Å²) in [7, 11) is 0. The van der Waals surface area contributed by atoms with Gasteiger partial charge in [0.15, 0.2) is 0 Å². The van der Waals surface area contributed by atoms with Crippen LogP contribution in [-0.2, 0) is 4.74 Å². The molecule has 0 saturated heterocycles. The molecule has 4 heteroatoms. The van der Waals surface area contributed by atoms with Gasteiger partial charge in [-0.3, -0.25) is 0 Å². The molecule has 1 rings (SSSR count). The summed E-state index contributed by atoms with van der Waals surface area (Å²) in [4.78, 5) is 11.7. The van der Waals surface area contributed by atoms with Gasteiger partial charge < -0.3 is 14.8 Å². The monoisotopic (exact) mass is 279 g/mol. The molecule has 1 N–H and O–H groups in total. The van der Waals surface area contributed by atoms with E-state index in [-0.39, 0.29) is 12.1 Å². The zero-order valence-corrected chi connectivity index (χ0v) is 13.2. The van der Waals surface area contributed by atoms with E-state index >= 15 is 0 Å². The second-order valence-electron chi connectivity index (χ2n) is 6.11. The molecular formula is C16H25NO3. The summed E-state index contributed by atoms with van der Waals surface area (Å²) in [5, 5.41) is 2.82. The van der Waals surface area contributed by atoms with Crippen molar-refractivity contribution in [2.75, 3.05) is 0 Å². The third-order valence-electron chi connectivity index (χ3n) is 2.46. The summed E-state index contributed by atoms with van der Waals surface area (Å²) in [6, 6.07) is 7.57. The molecule has 0 bridgehead atoms. The van der Waals surface area contributed by atoms with Crippen LogP contribution < -0.4 is 10.1 Å². The van der Waals surface area contributed by atoms with Crippen LogP contribution in [0.1, 0.15) is 53.1 Å². The lowest BCUT2D eigenvalue weighted by Crippen LogP contribution is -2.34. The van der Waals surface area contributed by atoms with Crippen molar-refractivity contribution in [3.8, 4) is 5.75 Å². The molecule has 0 saturated carbocycles. The average Bonchev–Trinajstić information content (AvgIpc) is 2.25. The van der Waals surface area contributed by atoms with E-state index in [1.807, 2.05) is 65.8 Å². The molecule has 1 atom stereocenters. The van der Waals surface area contributed by atoms with Crippen molar-refractivity contribution < 1.29 is 14.3 Å². The summed E-state index contributed by atoms with van der Waals surface area (Å²) < 4.78 is 10.9. The Morgan fingerprint density at radius 1 is 1.20 bits per heavy atom. The van der Waals surface area contributed by atoms with E-state index in [2.05, 4.69) is 5.32 Å². The van der Waals surface area contributed by atoms with Crippen LogP contribution in [0.2, 0.25) is 0 Å². The third-order valence-corrected chi connectivity index (χ3v) is 2.46. The molecule has 1 amide bonds. The van der Waals surface area contributed by atoms with Crippen LogP contribution in [0, 0.1) is 0 Å². The summed E-state index contributed by atoms with van der Waals surface area (Å²) >= 11 is 0. The van der Waals surface area contributed by atoms with Gasteiger partial charge in [0.25, 0.3) is 0 Å². The molecule has 1 unspecified atom stereocenters. The van der Waals surface area contributed by atoms with E-state index in [9.17, 15) is 4.79 Å². The standard InChI is InChI=1S/C16H25NO3/c1-11(2)19-14-9-7-8-13(10-14)12(3)17-15(18)20-16(4,5)6/h7-12H,1-6H3,(H,17,18). The van der Waals surface area contributed by atoms with Crippen LogP contribution in [0.3, 0.4) is 0 Å². The molecular weight excluding hydrogens is 254 g/mol. The summed E-state index contributed by atoms with van der Waals surface area (Å²) in [6.07, 6.45) is -0.292. The fraction of sp³-hybridized carbons (Fsp3) is 0.562. The largest absolute Gasteiger partial charge is 0.491 e. The quantitative estimate of drug-likeness (QED) is 0.904. The predicted molar refractivity (Wildman–Crippen MR) is 80.0 cm³/mol. The van der Waals surface area contributed by atoms with Crippen LogP contribution >= 0.6 is 0 Å². The second kappa shape index (κ2) is 6.64. The smallest absolute Gasteiger partial charge is 0.408 e. The van der Waals surface area contributed by atoms with Crippen LogP contribution in [0.25, 0.3) is 0 Å². The topological polar surface area (TPSA) is 47.6 Å². The highest BCUT2D eigenvalue weighted by molar-refractivity contribution is 5.68. The molecule has 0 aliphatic heterocycles. The number of carbonyl (C=O) groups excluding carboxylic acids is 1. The molecule has 1 aromatic rings. The number of hydrogen-bond donors (Lipinski definition) is 1. The Morgan fingerprint density at radius 2 is 1.85 bits per heavy atom. The second-order valence-corrected chi connectivity index (χ2v) is 6.11. The number of ether oxygens (including phenoxy) is 2. The molecule has 1 aromatic carbocycles. The van der Waals surface area contributed by atoms with Gasteiger partial charge in [-0.1, -0.05) is 12.1 Å². The zero-order chi connectivity index (χ0) is 15.3. The van der Waals surface area contributed by atoms with Gasteiger partial charge in [-0.25, -0.2) is 4.79 Å². The van der Waals surface area contributed by atoms with Gasteiger partial charge in [-0.2, -0.15) is 0 Å².